The lowest BCUT2D eigenvalue weighted by molar-refractivity contribution is -0.118. The minimum atomic E-state index is -1.05. The van der Waals surface area contributed by atoms with Crippen molar-refractivity contribution in [1.29, 1.82) is 0 Å². The molecule has 0 aliphatic carbocycles. The van der Waals surface area contributed by atoms with Crippen LogP contribution in [0.25, 0.3) is 11.2 Å². The molecule has 1 aromatic carbocycles. The van der Waals surface area contributed by atoms with Crippen LogP contribution in [0.15, 0.2) is 9.15 Å². The van der Waals surface area contributed by atoms with Gasteiger partial charge in [-0.05, 0) is 11.8 Å². The Morgan fingerprint density at radius 2 is 1.71 bits per heavy atom. The highest BCUT2D eigenvalue weighted by Gasteiger charge is 2.43. The van der Waals surface area contributed by atoms with Crippen molar-refractivity contribution < 1.29 is 28.8 Å². The first-order valence-corrected chi connectivity index (χ1v) is 7.14. The first-order valence-electron chi connectivity index (χ1n) is 7.14. The number of carboxylic acid groups (broad SMARTS) is 1. The van der Waals surface area contributed by atoms with E-state index in [4.69, 9.17) is 18.9 Å². The van der Waals surface area contributed by atoms with E-state index in [0.29, 0.717) is 22.5 Å². The van der Waals surface area contributed by atoms with Crippen molar-refractivity contribution >= 4 is 17.1 Å². The topological polar surface area (TPSA) is 82.0 Å². The molecule has 0 radical (unpaired) electrons. The van der Waals surface area contributed by atoms with Crippen LogP contribution in [0.1, 0.15) is 62.4 Å². The van der Waals surface area contributed by atoms with Gasteiger partial charge in [0.2, 0.25) is 11.5 Å². The fraction of sp³-hybridized carbons (Fsp3) is 0.533. The van der Waals surface area contributed by atoms with E-state index in [1.165, 1.54) is 0 Å². The molecule has 2 aliphatic heterocycles. The molecule has 3 heterocycles. The molecular formula is C15H18O6. The van der Waals surface area contributed by atoms with E-state index in [1.54, 1.807) is 0 Å². The van der Waals surface area contributed by atoms with Gasteiger partial charge in [-0.15, -0.1) is 0 Å². The Balaban J connectivity index is 2.12. The number of rotatable bonds is 6. The van der Waals surface area contributed by atoms with Crippen LogP contribution in [0.2, 0.25) is 0 Å². The molecule has 0 spiro atoms. The van der Waals surface area contributed by atoms with Crippen molar-refractivity contribution in [3.8, 4) is 11.5 Å². The molecule has 4 rings (SSSR count). The molecule has 114 valence electrons. The molecule has 0 atom stereocenters. The zero-order valence-corrected chi connectivity index (χ0v) is 12.3. The van der Waals surface area contributed by atoms with Crippen LogP contribution < -0.4 is 9.78 Å². The average molecular weight is 294 g/mol. The second-order valence-electron chi connectivity index (χ2n) is 6.05. The third-order valence-corrected chi connectivity index (χ3v) is 4.04. The second kappa shape index (κ2) is 4.72. The molecule has 6 heteroatoms. The van der Waals surface area contributed by atoms with E-state index in [9.17, 15) is 9.90 Å². The number of hydrogen-bond acceptors (Lipinski definition) is 5. The first-order chi connectivity index (χ1) is 9.97. The van der Waals surface area contributed by atoms with Crippen molar-refractivity contribution in [3.05, 3.63) is 11.1 Å². The largest absolute Gasteiger partial charge is 0.478 e. The predicted molar refractivity (Wildman–Crippen MR) is 73.9 cm³/mol. The molecule has 0 unspecified atom stereocenters. The molecule has 2 bridgehead atoms. The lowest BCUT2D eigenvalue weighted by Gasteiger charge is -2.32. The van der Waals surface area contributed by atoms with Crippen LogP contribution in [-0.2, 0) is 5.41 Å². The van der Waals surface area contributed by atoms with Gasteiger partial charge < -0.3 is 5.11 Å². The maximum absolute atomic E-state index is 11.7. The number of fused-ring (bicyclic) bond motifs is 2. The maximum atomic E-state index is 11.7. The van der Waals surface area contributed by atoms with Crippen LogP contribution >= 0.6 is 0 Å². The van der Waals surface area contributed by atoms with Gasteiger partial charge in [0.05, 0.1) is 0 Å². The summed E-state index contributed by atoms with van der Waals surface area (Å²) in [5.74, 6) is -0.631. The number of hydrogen-bond donors (Lipinski definition) is 1. The van der Waals surface area contributed by atoms with Crippen molar-refractivity contribution in [2.75, 3.05) is 0 Å². The fourth-order valence-corrected chi connectivity index (χ4v) is 2.90. The fourth-order valence-electron chi connectivity index (χ4n) is 2.90. The van der Waals surface area contributed by atoms with Gasteiger partial charge in [-0.1, -0.05) is 40.0 Å². The van der Waals surface area contributed by atoms with E-state index in [0.717, 1.165) is 25.7 Å². The highest BCUT2D eigenvalue weighted by molar-refractivity contribution is 6.03. The minimum Gasteiger partial charge on any atom is -0.478 e. The molecule has 2 aromatic rings. The summed E-state index contributed by atoms with van der Waals surface area (Å²) in [5.41, 5.74) is 1.11. The van der Waals surface area contributed by atoms with Gasteiger partial charge >= 0.3 is 5.97 Å². The normalized spacial score (nSPS) is 13.5. The lowest BCUT2D eigenvalue weighted by atomic mass is 9.76. The van der Waals surface area contributed by atoms with E-state index in [2.05, 4.69) is 6.92 Å². The molecular weight excluding hydrogens is 276 g/mol. The van der Waals surface area contributed by atoms with Crippen LogP contribution in [0.3, 0.4) is 0 Å². The Hall–Kier alpha value is -2.11. The monoisotopic (exact) mass is 294 g/mol. The summed E-state index contributed by atoms with van der Waals surface area (Å²) >= 11 is 0. The summed E-state index contributed by atoms with van der Waals surface area (Å²) in [6.45, 7) is 6.16. The third kappa shape index (κ3) is 1.97. The van der Waals surface area contributed by atoms with Gasteiger partial charge in [-0.25, -0.2) is 4.79 Å². The Labute approximate surface area is 121 Å². The zero-order chi connectivity index (χ0) is 15.2. The molecule has 1 aromatic heterocycles. The van der Waals surface area contributed by atoms with Gasteiger partial charge in [-0.3, -0.25) is 18.9 Å². The van der Waals surface area contributed by atoms with Gasteiger partial charge in [0.15, 0.2) is 0 Å². The second-order valence-corrected chi connectivity index (χ2v) is 6.05. The molecule has 21 heavy (non-hydrogen) atoms. The smallest absolute Gasteiger partial charge is 0.340 e. The molecule has 0 fully saturated rings. The summed E-state index contributed by atoms with van der Waals surface area (Å²) in [4.78, 5) is 21.9. The Morgan fingerprint density at radius 1 is 1.10 bits per heavy atom. The number of unbranched alkanes of at least 4 members (excludes halogenated alkanes) is 2. The number of carboxylic acids is 1. The van der Waals surface area contributed by atoms with Gasteiger partial charge in [-0.2, -0.15) is 0 Å². The Kier molecular flexibility index (Phi) is 3.11. The zero-order valence-electron chi connectivity index (χ0n) is 12.3. The summed E-state index contributed by atoms with van der Waals surface area (Å²) in [7, 11) is 0. The van der Waals surface area contributed by atoms with Crippen LogP contribution in [0, 0.1) is 0 Å². The number of carbonyl (C=O) groups is 1. The molecule has 1 N–H and O–H groups in total. The van der Waals surface area contributed by atoms with Crippen LogP contribution in [-0.4, -0.2) is 11.1 Å². The van der Waals surface area contributed by atoms with Crippen LogP contribution in [0.4, 0.5) is 0 Å². The van der Waals surface area contributed by atoms with E-state index < -0.39 is 5.97 Å². The summed E-state index contributed by atoms with van der Waals surface area (Å²) in [6.07, 6.45) is 4.10. The molecule has 0 amide bonds. The Bertz CT molecular complexity index is 691. The number of benzene rings is 1. The standard InChI is InChI=1S/C15H18O6/c1-4-5-6-7-15(2,3)9-8(14(16)17)10-12-13(21-20-12)11(9)19-18-10/h4-7H2,1-3H3,(H,16,17). The van der Waals surface area contributed by atoms with Crippen LogP contribution in [0.5, 0.6) is 11.5 Å². The quantitative estimate of drug-likeness (QED) is 0.633. The lowest BCUT2D eigenvalue weighted by Crippen LogP contribution is -2.27. The SMILES string of the molecule is CCCCCC(C)(C)c1c(C(=O)O)c2c3ooc3c1OO2. The third-order valence-electron chi connectivity index (χ3n) is 4.04. The highest BCUT2D eigenvalue weighted by Crippen LogP contribution is 2.52. The molecule has 6 nitrogen and oxygen atoms in total. The maximum Gasteiger partial charge on any atom is 0.340 e. The van der Waals surface area contributed by atoms with Gasteiger partial charge in [0, 0.05) is 5.56 Å². The molecule has 2 aliphatic rings. The summed E-state index contributed by atoms with van der Waals surface area (Å²) < 4.78 is 9.77. The number of aromatic carboxylic acids is 1. The molecule has 0 saturated heterocycles. The van der Waals surface area contributed by atoms with Gasteiger partial charge in [0.25, 0.3) is 11.2 Å². The average Bonchev–Trinajstić information content (AvgIpc) is 2.37. The van der Waals surface area contributed by atoms with Crippen molar-refractivity contribution in [2.45, 2.75) is 51.9 Å². The van der Waals surface area contributed by atoms with E-state index >= 15 is 0 Å². The molecule has 0 saturated carbocycles. The minimum absolute atomic E-state index is 0.0947. The van der Waals surface area contributed by atoms with Gasteiger partial charge in [0.1, 0.15) is 5.56 Å². The predicted octanol–water partition coefficient (Wildman–Crippen LogP) is 4.27. The Morgan fingerprint density at radius 3 is 2.29 bits per heavy atom. The summed E-state index contributed by atoms with van der Waals surface area (Å²) in [6, 6.07) is 0. The van der Waals surface area contributed by atoms with E-state index in [-0.39, 0.29) is 16.7 Å². The van der Waals surface area contributed by atoms with E-state index in [1.807, 2.05) is 13.8 Å². The summed E-state index contributed by atoms with van der Waals surface area (Å²) in [5, 5.41) is 9.55. The highest BCUT2D eigenvalue weighted by atomic mass is 17.2. The first kappa shape index (κ1) is 13.9. The van der Waals surface area contributed by atoms with Crippen molar-refractivity contribution in [2.24, 2.45) is 0 Å². The van der Waals surface area contributed by atoms with Crippen molar-refractivity contribution in [1.82, 2.24) is 0 Å². The van der Waals surface area contributed by atoms with Crippen molar-refractivity contribution in [3.63, 3.8) is 0 Å².